The van der Waals surface area contributed by atoms with Crippen LogP contribution >= 0.6 is 15.9 Å². The molecule has 1 aromatic rings. The molecule has 1 aromatic carbocycles. The van der Waals surface area contributed by atoms with Crippen molar-refractivity contribution >= 4 is 33.1 Å². The molecule has 18 heavy (non-hydrogen) atoms. The maximum Gasteiger partial charge on any atom is 0.203 e. The molecule has 0 bridgehead atoms. The average Bonchev–Trinajstić information content (AvgIpc) is 2.34. The molecule has 1 aliphatic carbocycles. The van der Waals surface area contributed by atoms with E-state index < -0.39 is 0 Å². The highest BCUT2D eigenvalue weighted by Gasteiger charge is 2.20. The second-order valence-electron chi connectivity index (χ2n) is 4.22. The van der Waals surface area contributed by atoms with Gasteiger partial charge in [-0.2, -0.15) is 0 Å². The van der Waals surface area contributed by atoms with Crippen molar-refractivity contribution < 1.29 is 4.79 Å². The van der Waals surface area contributed by atoms with Crippen LogP contribution in [0.5, 0.6) is 0 Å². The average molecular weight is 305 g/mol. The minimum Gasteiger partial charge on any atom is -0.395 e. The third kappa shape index (κ3) is 2.43. The fourth-order valence-electron chi connectivity index (χ4n) is 1.64. The van der Waals surface area contributed by atoms with E-state index in [1.54, 1.807) is 0 Å². The van der Waals surface area contributed by atoms with Crippen LogP contribution in [0.2, 0.25) is 0 Å². The van der Waals surface area contributed by atoms with Gasteiger partial charge < -0.3 is 5.73 Å². The SMILES string of the molecule is CC1=CC(=O)C(N)=C(Br)C1=Nc1ccc(C)cc1. The Bertz CT molecular complexity index is 595. The molecule has 2 N–H and O–H groups in total. The van der Waals surface area contributed by atoms with Crippen molar-refractivity contribution in [1.82, 2.24) is 0 Å². The van der Waals surface area contributed by atoms with Crippen LogP contribution in [0, 0.1) is 6.92 Å². The Kier molecular flexibility index (Phi) is 3.48. The highest BCUT2D eigenvalue weighted by atomic mass is 79.9. The molecule has 0 heterocycles. The van der Waals surface area contributed by atoms with E-state index in [9.17, 15) is 4.79 Å². The van der Waals surface area contributed by atoms with Gasteiger partial charge >= 0.3 is 0 Å². The molecule has 0 aliphatic heterocycles. The summed E-state index contributed by atoms with van der Waals surface area (Å²) in [5.74, 6) is -0.178. The van der Waals surface area contributed by atoms with Gasteiger partial charge in [0.25, 0.3) is 0 Å². The van der Waals surface area contributed by atoms with Crippen LogP contribution in [0.25, 0.3) is 0 Å². The molecule has 0 fully saturated rings. The first-order chi connectivity index (χ1) is 8.49. The molecule has 0 saturated carbocycles. The summed E-state index contributed by atoms with van der Waals surface area (Å²) in [5, 5.41) is 0. The summed E-state index contributed by atoms with van der Waals surface area (Å²) in [4.78, 5) is 16.0. The number of carbonyl (C=O) groups is 1. The normalized spacial score (nSPS) is 18.3. The number of rotatable bonds is 1. The van der Waals surface area contributed by atoms with Gasteiger partial charge in [-0.05, 0) is 53.6 Å². The fourth-order valence-corrected chi connectivity index (χ4v) is 2.23. The van der Waals surface area contributed by atoms with Gasteiger partial charge in [-0.1, -0.05) is 17.7 Å². The molecule has 0 aromatic heterocycles. The molecule has 1 aliphatic rings. The standard InChI is InChI=1S/C14H13BrN2O/c1-8-3-5-10(6-4-8)17-14-9(2)7-11(18)13(16)12(14)15/h3-7H,16H2,1-2H3. The van der Waals surface area contributed by atoms with Crippen molar-refractivity contribution in [2.24, 2.45) is 10.7 Å². The van der Waals surface area contributed by atoms with E-state index >= 15 is 0 Å². The van der Waals surface area contributed by atoms with E-state index in [0.29, 0.717) is 10.2 Å². The maximum absolute atomic E-state index is 11.5. The monoisotopic (exact) mass is 304 g/mol. The summed E-state index contributed by atoms with van der Waals surface area (Å²) >= 11 is 3.34. The van der Waals surface area contributed by atoms with E-state index in [-0.39, 0.29) is 11.5 Å². The first-order valence-electron chi connectivity index (χ1n) is 5.53. The van der Waals surface area contributed by atoms with Crippen molar-refractivity contribution in [2.45, 2.75) is 13.8 Å². The van der Waals surface area contributed by atoms with Crippen LogP contribution in [-0.2, 0) is 4.79 Å². The quantitative estimate of drug-likeness (QED) is 0.810. The van der Waals surface area contributed by atoms with Crippen LogP contribution in [0.15, 0.2) is 51.1 Å². The summed E-state index contributed by atoms with van der Waals surface area (Å²) in [5.41, 5.74) is 9.44. The Morgan fingerprint density at radius 2 is 1.78 bits per heavy atom. The van der Waals surface area contributed by atoms with E-state index in [0.717, 1.165) is 11.3 Å². The molecular weight excluding hydrogens is 292 g/mol. The lowest BCUT2D eigenvalue weighted by Crippen LogP contribution is -2.20. The lowest BCUT2D eigenvalue weighted by molar-refractivity contribution is -0.111. The lowest BCUT2D eigenvalue weighted by atomic mass is 10.0. The molecule has 0 unspecified atom stereocenters. The summed E-state index contributed by atoms with van der Waals surface area (Å²) in [6.07, 6.45) is 1.51. The van der Waals surface area contributed by atoms with Gasteiger partial charge in [0.15, 0.2) is 0 Å². The van der Waals surface area contributed by atoms with Crippen LogP contribution in [-0.4, -0.2) is 11.5 Å². The molecular formula is C14H13BrN2O. The van der Waals surface area contributed by atoms with E-state index in [1.165, 1.54) is 11.6 Å². The van der Waals surface area contributed by atoms with E-state index in [4.69, 9.17) is 5.73 Å². The smallest absolute Gasteiger partial charge is 0.203 e. The summed E-state index contributed by atoms with van der Waals surface area (Å²) < 4.78 is 0.563. The molecule has 2 rings (SSSR count). The van der Waals surface area contributed by atoms with Crippen LogP contribution < -0.4 is 5.73 Å². The minimum atomic E-state index is -0.178. The maximum atomic E-state index is 11.5. The Balaban J connectivity index is 2.47. The number of nitrogens with zero attached hydrogens (tertiary/aromatic N) is 1. The molecule has 92 valence electrons. The first kappa shape index (κ1) is 12.8. The summed E-state index contributed by atoms with van der Waals surface area (Å²) in [6.45, 7) is 3.87. The fraction of sp³-hybridized carbons (Fsp3) is 0.143. The molecule has 4 heteroatoms. The largest absolute Gasteiger partial charge is 0.395 e. The van der Waals surface area contributed by atoms with Gasteiger partial charge in [0.1, 0.15) is 0 Å². The highest BCUT2D eigenvalue weighted by Crippen LogP contribution is 2.25. The molecule has 0 spiro atoms. The molecule has 0 atom stereocenters. The Labute approximate surface area is 114 Å². The summed E-state index contributed by atoms with van der Waals surface area (Å²) in [6, 6.07) is 7.85. The van der Waals surface area contributed by atoms with Crippen molar-refractivity contribution in [3.63, 3.8) is 0 Å². The second kappa shape index (κ2) is 4.90. The van der Waals surface area contributed by atoms with Crippen LogP contribution in [0.1, 0.15) is 12.5 Å². The van der Waals surface area contributed by atoms with Gasteiger partial charge in [0.05, 0.1) is 21.6 Å². The second-order valence-corrected chi connectivity index (χ2v) is 5.01. The minimum absolute atomic E-state index is 0.178. The zero-order valence-electron chi connectivity index (χ0n) is 10.2. The topological polar surface area (TPSA) is 55.5 Å². The number of nitrogens with two attached hydrogens (primary N) is 1. The number of halogens is 1. The van der Waals surface area contributed by atoms with Gasteiger partial charge in [-0.25, -0.2) is 4.99 Å². The molecule has 0 amide bonds. The number of allylic oxidation sites excluding steroid dienone is 3. The Morgan fingerprint density at radius 1 is 1.17 bits per heavy atom. The van der Waals surface area contributed by atoms with Gasteiger partial charge in [0.2, 0.25) is 5.78 Å². The number of hydrogen-bond acceptors (Lipinski definition) is 3. The van der Waals surface area contributed by atoms with E-state index in [2.05, 4.69) is 20.9 Å². The third-order valence-corrected chi connectivity index (χ3v) is 3.51. The summed E-state index contributed by atoms with van der Waals surface area (Å²) in [7, 11) is 0. The Hall–Kier alpha value is -1.68. The molecule has 0 radical (unpaired) electrons. The number of aliphatic imine (C=N–C) groups is 1. The number of ketones is 1. The first-order valence-corrected chi connectivity index (χ1v) is 6.32. The predicted molar refractivity (Wildman–Crippen MR) is 77.2 cm³/mol. The Morgan fingerprint density at radius 3 is 2.39 bits per heavy atom. The number of carbonyl (C=O) groups excluding carboxylic acids is 1. The lowest BCUT2D eigenvalue weighted by Gasteiger charge is -2.13. The molecule has 0 saturated heterocycles. The van der Waals surface area contributed by atoms with Crippen LogP contribution in [0.4, 0.5) is 5.69 Å². The van der Waals surface area contributed by atoms with Crippen molar-refractivity contribution in [2.75, 3.05) is 0 Å². The van der Waals surface area contributed by atoms with Crippen molar-refractivity contribution in [3.05, 3.63) is 51.7 Å². The van der Waals surface area contributed by atoms with Crippen molar-refractivity contribution in [1.29, 1.82) is 0 Å². The number of aryl methyl sites for hydroxylation is 1. The highest BCUT2D eigenvalue weighted by molar-refractivity contribution is 9.12. The van der Waals surface area contributed by atoms with Crippen molar-refractivity contribution in [3.8, 4) is 0 Å². The zero-order chi connectivity index (χ0) is 13.3. The number of benzene rings is 1. The van der Waals surface area contributed by atoms with E-state index in [1.807, 2.05) is 38.1 Å². The van der Waals surface area contributed by atoms with Gasteiger partial charge in [-0.15, -0.1) is 0 Å². The van der Waals surface area contributed by atoms with Gasteiger partial charge in [0, 0.05) is 0 Å². The predicted octanol–water partition coefficient (Wildman–Crippen LogP) is 3.16. The number of hydrogen-bond donors (Lipinski definition) is 1. The van der Waals surface area contributed by atoms with Crippen LogP contribution in [0.3, 0.4) is 0 Å². The van der Waals surface area contributed by atoms with Gasteiger partial charge in [-0.3, -0.25) is 4.79 Å². The zero-order valence-corrected chi connectivity index (χ0v) is 11.8. The third-order valence-electron chi connectivity index (χ3n) is 2.71. The molecule has 3 nitrogen and oxygen atoms in total.